The van der Waals surface area contributed by atoms with Crippen LogP contribution in [0.3, 0.4) is 0 Å². The summed E-state index contributed by atoms with van der Waals surface area (Å²) in [5.74, 6) is 0.00492. The van der Waals surface area contributed by atoms with Crippen LogP contribution in [-0.4, -0.2) is 41.3 Å². The van der Waals surface area contributed by atoms with E-state index in [9.17, 15) is 9.90 Å². The molecule has 1 amide bonds. The van der Waals surface area contributed by atoms with Gasteiger partial charge in [-0.25, -0.2) is 0 Å². The summed E-state index contributed by atoms with van der Waals surface area (Å²) in [7, 11) is 0. The smallest absolute Gasteiger partial charge is 0.267 e. The number of nitrogens with one attached hydrogen (secondary N) is 2. The summed E-state index contributed by atoms with van der Waals surface area (Å²) in [5.41, 5.74) is 0.656. The highest BCUT2D eigenvalue weighted by atomic mass is 32.1. The molecule has 6 heteroatoms. The third-order valence-electron chi connectivity index (χ3n) is 3.80. The van der Waals surface area contributed by atoms with Crippen LogP contribution in [0.25, 0.3) is 0 Å². The molecule has 3 N–H and O–H groups in total. The van der Waals surface area contributed by atoms with Gasteiger partial charge in [-0.05, 0) is 23.6 Å². The minimum absolute atomic E-state index is 0.0874. The standard InChI is InChI=1S/C15H19N3O2S/c19-14-9-16-7-11(14)8-17-15(20)13-4-1-5-18(13)10-12-3-2-6-21-12/h1-6,11,14,16,19H,7-10H2,(H,17,20). The largest absolute Gasteiger partial charge is 0.391 e. The first kappa shape index (κ1) is 14.3. The Morgan fingerprint density at radius 3 is 3.05 bits per heavy atom. The molecule has 1 fully saturated rings. The lowest BCUT2D eigenvalue weighted by molar-refractivity contribution is 0.0918. The highest BCUT2D eigenvalue weighted by Gasteiger charge is 2.25. The van der Waals surface area contributed by atoms with Crippen LogP contribution in [-0.2, 0) is 6.54 Å². The van der Waals surface area contributed by atoms with Crippen molar-refractivity contribution in [3.8, 4) is 0 Å². The molecule has 112 valence electrons. The Bertz CT molecular complexity index is 594. The van der Waals surface area contributed by atoms with Gasteiger partial charge in [-0.1, -0.05) is 6.07 Å². The van der Waals surface area contributed by atoms with Crippen molar-refractivity contribution in [1.29, 1.82) is 0 Å². The topological polar surface area (TPSA) is 66.3 Å². The number of carbonyl (C=O) groups excluding carboxylic acids is 1. The van der Waals surface area contributed by atoms with Crippen LogP contribution in [0.4, 0.5) is 0 Å². The number of hydrogen-bond acceptors (Lipinski definition) is 4. The molecule has 1 aliphatic rings. The molecule has 2 atom stereocenters. The number of β-amino-alcohol motifs (C(OH)–C–C–N with tert-alkyl or cyclic N) is 1. The van der Waals surface area contributed by atoms with Gasteiger partial charge in [0.2, 0.25) is 0 Å². The molecule has 2 unspecified atom stereocenters. The molecule has 3 heterocycles. The van der Waals surface area contributed by atoms with Crippen molar-refractivity contribution in [3.05, 3.63) is 46.4 Å². The van der Waals surface area contributed by atoms with E-state index in [4.69, 9.17) is 0 Å². The molecule has 1 saturated heterocycles. The number of rotatable bonds is 5. The summed E-state index contributed by atoms with van der Waals surface area (Å²) >= 11 is 1.68. The van der Waals surface area contributed by atoms with Gasteiger partial charge in [-0.3, -0.25) is 4.79 Å². The monoisotopic (exact) mass is 305 g/mol. The average Bonchev–Trinajstić information content (AvgIpc) is 3.19. The normalized spacial score (nSPS) is 21.6. The number of hydrogen-bond donors (Lipinski definition) is 3. The van der Waals surface area contributed by atoms with E-state index in [-0.39, 0.29) is 17.9 Å². The third-order valence-corrected chi connectivity index (χ3v) is 4.66. The van der Waals surface area contributed by atoms with E-state index in [1.807, 2.05) is 34.3 Å². The number of aliphatic hydroxyl groups is 1. The van der Waals surface area contributed by atoms with E-state index >= 15 is 0 Å². The van der Waals surface area contributed by atoms with Gasteiger partial charge in [-0.2, -0.15) is 0 Å². The number of aromatic nitrogens is 1. The molecule has 5 nitrogen and oxygen atoms in total. The van der Waals surface area contributed by atoms with Crippen molar-refractivity contribution in [2.45, 2.75) is 12.6 Å². The molecule has 0 bridgehead atoms. The molecule has 3 rings (SSSR count). The molecule has 0 aromatic carbocycles. The molecule has 1 aliphatic heterocycles. The SMILES string of the molecule is O=C(NCC1CNCC1O)c1cccn1Cc1cccs1. The van der Waals surface area contributed by atoms with E-state index in [0.717, 1.165) is 6.54 Å². The Kier molecular flexibility index (Phi) is 4.38. The van der Waals surface area contributed by atoms with E-state index in [1.54, 1.807) is 11.3 Å². The quantitative estimate of drug-likeness (QED) is 0.769. The molecule has 0 spiro atoms. The first-order chi connectivity index (χ1) is 10.2. The highest BCUT2D eigenvalue weighted by molar-refractivity contribution is 7.09. The molecule has 0 aliphatic carbocycles. The minimum atomic E-state index is -0.372. The number of thiophene rings is 1. The fourth-order valence-corrected chi connectivity index (χ4v) is 3.27. The summed E-state index contributed by atoms with van der Waals surface area (Å²) < 4.78 is 1.95. The van der Waals surface area contributed by atoms with Crippen LogP contribution < -0.4 is 10.6 Å². The fourth-order valence-electron chi connectivity index (χ4n) is 2.57. The third kappa shape index (κ3) is 3.34. The summed E-state index contributed by atoms with van der Waals surface area (Å²) in [4.78, 5) is 13.5. The number of carbonyl (C=O) groups is 1. The summed E-state index contributed by atoms with van der Waals surface area (Å²) in [6.07, 6.45) is 1.55. The zero-order valence-corrected chi connectivity index (χ0v) is 12.5. The second kappa shape index (κ2) is 6.43. The van der Waals surface area contributed by atoms with Gasteiger partial charge in [0.15, 0.2) is 0 Å². The molecular formula is C15H19N3O2S. The van der Waals surface area contributed by atoms with Crippen molar-refractivity contribution < 1.29 is 9.90 Å². The van der Waals surface area contributed by atoms with Crippen LogP contribution in [0, 0.1) is 5.92 Å². The van der Waals surface area contributed by atoms with E-state index in [0.29, 0.717) is 25.3 Å². The fraction of sp³-hybridized carbons (Fsp3) is 0.400. The lowest BCUT2D eigenvalue weighted by atomic mass is 10.1. The molecule has 21 heavy (non-hydrogen) atoms. The molecule has 2 aromatic rings. The van der Waals surface area contributed by atoms with E-state index in [1.165, 1.54) is 4.88 Å². The van der Waals surface area contributed by atoms with Crippen molar-refractivity contribution in [2.24, 2.45) is 5.92 Å². The number of aliphatic hydroxyl groups excluding tert-OH is 1. The highest BCUT2D eigenvalue weighted by Crippen LogP contribution is 2.13. The maximum Gasteiger partial charge on any atom is 0.267 e. The van der Waals surface area contributed by atoms with Gasteiger partial charge in [-0.15, -0.1) is 11.3 Å². The van der Waals surface area contributed by atoms with Gasteiger partial charge in [0.05, 0.1) is 12.6 Å². The molecule has 0 saturated carbocycles. The Balaban J connectivity index is 1.61. The Labute approximate surface area is 127 Å². The Morgan fingerprint density at radius 1 is 1.43 bits per heavy atom. The van der Waals surface area contributed by atoms with Crippen LogP contribution in [0.1, 0.15) is 15.4 Å². The van der Waals surface area contributed by atoms with Crippen LogP contribution in [0.15, 0.2) is 35.8 Å². The first-order valence-corrected chi connectivity index (χ1v) is 7.96. The van der Waals surface area contributed by atoms with Gasteiger partial charge in [0, 0.05) is 36.6 Å². The zero-order chi connectivity index (χ0) is 14.7. The summed E-state index contributed by atoms with van der Waals surface area (Å²) in [5, 5.41) is 17.8. The van der Waals surface area contributed by atoms with Crippen molar-refractivity contribution in [3.63, 3.8) is 0 Å². The lowest BCUT2D eigenvalue weighted by Crippen LogP contribution is -2.35. The number of nitrogens with zero attached hydrogens (tertiary/aromatic N) is 1. The average molecular weight is 305 g/mol. The summed E-state index contributed by atoms with van der Waals surface area (Å²) in [6, 6.07) is 7.78. The van der Waals surface area contributed by atoms with Gasteiger partial charge in [0.25, 0.3) is 5.91 Å². The van der Waals surface area contributed by atoms with Crippen molar-refractivity contribution >= 4 is 17.2 Å². The van der Waals surface area contributed by atoms with Crippen molar-refractivity contribution in [1.82, 2.24) is 15.2 Å². The summed E-state index contributed by atoms with van der Waals surface area (Å²) in [6.45, 7) is 2.56. The first-order valence-electron chi connectivity index (χ1n) is 7.08. The molecule has 0 radical (unpaired) electrons. The maximum atomic E-state index is 12.3. The van der Waals surface area contributed by atoms with E-state index < -0.39 is 0 Å². The van der Waals surface area contributed by atoms with Crippen LogP contribution >= 0.6 is 11.3 Å². The molecular weight excluding hydrogens is 286 g/mol. The number of amides is 1. The van der Waals surface area contributed by atoms with Gasteiger partial charge in [0.1, 0.15) is 5.69 Å². The van der Waals surface area contributed by atoms with Crippen LogP contribution in [0.5, 0.6) is 0 Å². The van der Waals surface area contributed by atoms with Gasteiger partial charge >= 0.3 is 0 Å². The van der Waals surface area contributed by atoms with Crippen molar-refractivity contribution in [2.75, 3.05) is 19.6 Å². The van der Waals surface area contributed by atoms with Gasteiger partial charge < -0.3 is 20.3 Å². The van der Waals surface area contributed by atoms with Crippen LogP contribution in [0.2, 0.25) is 0 Å². The maximum absolute atomic E-state index is 12.3. The minimum Gasteiger partial charge on any atom is -0.391 e. The second-order valence-electron chi connectivity index (χ2n) is 5.30. The molecule has 2 aromatic heterocycles. The second-order valence-corrected chi connectivity index (χ2v) is 6.33. The van der Waals surface area contributed by atoms with E-state index in [2.05, 4.69) is 16.7 Å². The predicted octanol–water partition coefficient (Wildman–Crippen LogP) is 0.908. The lowest BCUT2D eigenvalue weighted by Gasteiger charge is -2.15. The predicted molar refractivity (Wildman–Crippen MR) is 82.6 cm³/mol. The Morgan fingerprint density at radius 2 is 2.33 bits per heavy atom. The Hall–Kier alpha value is -1.63. The zero-order valence-electron chi connectivity index (χ0n) is 11.7.